The lowest BCUT2D eigenvalue weighted by molar-refractivity contribution is -0.130. The SMILES string of the molecule is Cc1ccc(NC(=O)CN2CCN(C(=O)CSc3nnnn3Cc3cccs3)CC2)cc1. The standard InChI is InChI=1S/C21H25N7O2S2/c1-16-4-6-17(7-5-16)22-19(29)14-26-8-10-27(11-9-26)20(30)15-32-21-23-24-25-28(21)13-18-3-2-12-31-18/h2-7,12H,8-11,13-15H2,1H3,(H,22,29). The van der Waals surface area contributed by atoms with Crippen LogP contribution in [0.15, 0.2) is 46.9 Å². The van der Waals surface area contributed by atoms with Crippen LogP contribution in [0.4, 0.5) is 5.69 Å². The van der Waals surface area contributed by atoms with E-state index in [2.05, 4.69) is 25.7 Å². The van der Waals surface area contributed by atoms with Gasteiger partial charge in [0, 0.05) is 36.7 Å². The van der Waals surface area contributed by atoms with E-state index in [0.29, 0.717) is 50.2 Å². The van der Waals surface area contributed by atoms with Crippen LogP contribution in [0.25, 0.3) is 0 Å². The molecule has 3 heterocycles. The Morgan fingerprint density at radius 1 is 1.12 bits per heavy atom. The fourth-order valence-corrected chi connectivity index (χ4v) is 4.83. The molecule has 0 radical (unpaired) electrons. The van der Waals surface area contributed by atoms with Crippen LogP contribution in [0.3, 0.4) is 0 Å². The number of carbonyl (C=O) groups is 2. The molecule has 9 nitrogen and oxygen atoms in total. The van der Waals surface area contributed by atoms with E-state index in [1.54, 1.807) is 16.0 Å². The van der Waals surface area contributed by atoms with Crippen molar-refractivity contribution < 1.29 is 9.59 Å². The first-order chi connectivity index (χ1) is 15.6. The Labute approximate surface area is 194 Å². The maximum absolute atomic E-state index is 12.7. The molecule has 0 spiro atoms. The second-order valence-corrected chi connectivity index (χ2v) is 9.53. The van der Waals surface area contributed by atoms with E-state index >= 15 is 0 Å². The molecule has 1 N–H and O–H groups in total. The van der Waals surface area contributed by atoms with Gasteiger partial charge in [-0.2, -0.15) is 0 Å². The molecular formula is C21H25N7O2S2. The summed E-state index contributed by atoms with van der Waals surface area (Å²) in [6, 6.07) is 11.8. The first kappa shape index (κ1) is 22.4. The number of tetrazole rings is 1. The third-order valence-corrected chi connectivity index (χ3v) is 6.94. The van der Waals surface area contributed by atoms with Gasteiger partial charge in [0.2, 0.25) is 17.0 Å². The molecule has 11 heteroatoms. The summed E-state index contributed by atoms with van der Waals surface area (Å²) in [7, 11) is 0. The molecule has 0 saturated carbocycles. The summed E-state index contributed by atoms with van der Waals surface area (Å²) in [5.74, 6) is 0.310. The van der Waals surface area contributed by atoms with Crippen LogP contribution in [0.5, 0.6) is 0 Å². The zero-order valence-electron chi connectivity index (χ0n) is 17.8. The highest BCUT2D eigenvalue weighted by Gasteiger charge is 2.23. The highest BCUT2D eigenvalue weighted by Crippen LogP contribution is 2.18. The van der Waals surface area contributed by atoms with Crippen molar-refractivity contribution in [3.05, 3.63) is 52.2 Å². The van der Waals surface area contributed by atoms with E-state index in [4.69, 9.17) is 0 Å². The molecular weight excluding hydrogens is 446 g/mol. The molecule has 3 aromatic rings. The van der Waals surface area contributed by atoms with Gasteiger partial charge in [-0.1, -0.05) is 35.5 Å². The lowest BCUT2D eigenvalue weighted by atomic mass is 10.2. The number of thioether (sulfide) groups is 1. The minimum absolute atomic E-state index is 0.0400. The fourth-order valence-electron chi connectivity index (χ4n) is 3.36. The number of hydrogen-bond acceptors (Lipinski definition) is 8. The van der Waals surface area contributed by atoms with E-state index in [1.807, 2.05) is 53.6 Å². The number of piperazine rings is 1. The summed E-state index contributed by atoms with van der Waals surface area (Å²) >= 11 is 3.00. The summed E-state index contributed by atoms with van der Waals surface area (Å²) in [6.07, 6.45) is 0. The second kappa shape index (κ2) is 10.7. The zero-order chi connectivity index (χ0) is 22.3. The van der Waals surface area contributed by atoms with Gasteiger partial charge in [0.1, 0.15) is 0 Å². The van der Waals surface area contributed by atoms with Gasteiger partial charge in [-0.05, 0) is 40.9 Å². The lowest BCUT2D eigenvalue weighted by Crippen LogP contribution is -2.50. The number of anilines is 1. The summed E-state index contributed by atoms with van der Waals surface area (Å²) < 4.78 is 1.72. The summed E-state index contributed by atoms with van der Waals surface area (Å²) in [5, 5.41) is 17.4. The van der Waals surface area contributed by atoms with Crippen LogP contribution >= 0.6 is 23.1 Å². The van der Waals surface area contributed by atoms with Crippen LogP contribution in [-0.2, 0) is 16.1 Å². The highest BCUT2D eigenvalue weighted by atomic mass is 32.2. The monoisotopic (exact) mass is 471 g/mol. The summed E-state index contributed by atoms with van der Waals surface area (Å²) in [4.78, 5) is 30.0. The molecule has 0 atom stereocenters. The van der Waals surface area contributed by atoms with E-state index in [9.17, 15) is 9.59 Å². The molecule has 1 aromatic carbocycles. The molecule has 1 aliphatic heterocycles. The molecule has 0 bridgehead atoms. The topological polar surface area (TPSA) is 96.2 Å². The number of thiophene rings is 1. The number of hydrogen-bond donors (Lipinski definition) is 1. The molecule has 2 amide bonds. The Kier molecular flexibility index (Phi) is 7.51. The van der Waals surface area contributed by atoms with Crippen molar-refractivity contribution in [2.75, 3.05) is 43.8 Å². The maximum atomic E-state index is 12.7. The Hall–Kier alpha value is -2.76. The molecule has 1 saturated heterocycles. The van der Waals surface area contributed by atoms with Gasteiger partial charge in [0.15, 0.2) is 0 Å². The number of amides is 2. The third-order valence-electron chi connectivity index (χ3n) is 5.14. The molecule has 1 fully saturated rings. The Morgan fingerprint density at radius 2 is 1.91 bits per heavy atom. The summed E-state index contributed by atoms with van der Waals surface area (Å²) in [5.41, 5.74) is 1.95. The van der Waals surface area contributed by atoms with Crippen LogP contribution in [0.1, 0.15) is 10.4 Å². The Bertz CT molecular complexity index is 1030. The Balaban J connectivity index is 1.19. The van der Waals surface area contributed by atoms with Gasteiger partial charge in [-0.25, -0.2) is 4.68 Å². The lowest BCUT2D eigenvalue weighted by Gasteiger charge is -2.34. The van der Waals surface area contributed by atoms with Gasteiger partial charge >= 0.3 is 0 Å². The fraction of sp³-hybridized carbons (Fsp3) is 0.381. The first-order valence-electron chi connectivity index (χ1n) is 10.3. The Morgan fingerprint density at radius 3 is 2.62 bits per heavy atom. The van der Waals surface area contributed by atoms with E-state index in [0.717, 1.165) is 16.1 Å². The molecule has 0 unspecified atom stereocenters. The quantitative estimate of drug-likeness (QED) is 0.502. The normalized spacial score (nSPS) is 14.5. The van der Waals surface area contributed by atoms with Crippen molar-refractivity contribution in [2.24, 2.45) is 0 Å². The van der Waals surface area contributed by atoms with Crippen molar-refractivity contribution in [1.29, 1.82) is 0 Å². The maximum Gasteiger partial charge on any atom is 0.238 e. The van der Waals surface area contributed by atoms with Crippen molar-refractivity contribution in [1.82, 2.24) is 30.0 Å². The molecule has 32 heavy (non-hydrogen) atoms. The number of nitrogens with zero attached hydrogens (tertiary/aromatic N) is 6. The number of nitrogens with one attached hydrogen (secondary N) is 1. The van der Waals surface area contributed by atoms with Crippen LogP contribution in [0.2, 0.25) is 0 Å². The van der Waals surface area contributed by atoms with Crippen molar-refractivity contribution in [3.63, 3.8) is 0 Å². The number of aromatic nitrogens is 4. The zero-order valence-corrected chi connectivity index (χ0v) is 19.4. The minimum atomic E-state index is -0.0400. The first-order valence-corrected chi connectivity index (χ1v) is 12.2. The third kappa shape index (κ3) is 6.15. The van der Waals surface area contributed by atoms with Crippen molar-refractivity contribution >= 4 is 40.6 Å². The average Bonchev–Trinajstić information content (AvgIpc) is 3.46. The van der Waals surface area contributed by atoms with Crippen molar-refractivity contribution in [3.8, 4) is 0 Å². The van der Waals surface area contributed by atoms with Gasteiger partial charge < -0.3 is 10.2 Å². The van der Waals surface area contributed by atoms with Crippen LogP contribution < -0.4 is 5.32 Å². The van der Waals surface area contributed by atoms with E-state index in [1.165, 1.54) is 11.8 Å². The average molecular weight is 472 g/mol. The van der Waals surface area contributed by atoms with Gasteiger partial charge in [0.25, 0.3) is 0 Å². The van der Waals surface area contributed by atoms with Crippen LogP contribution in [0, 0.1) is 6.92 Å². The minimum Gasteiger partial charge on any atom is -0.339 e. The second-order valence-electron chi connectivity index (χ2n) is 7.56. The smallest absolute Gasteiger partial charge is 0.238 e. The largest absolute Gasteiger partial charge is 0.339 e. The molecule has 4 rings (SSSR count). The van der Waals surface area contributed by atoms with Gasteiger partial charge in [0.05, 0.1) is 18.8 Å². The van der Waals surface area contributed by atoms with Crippen LogP contribution in [-0.4, -0.2) is 80.3 Å². The van der Waals surface area contributed by atoms with Gasteiger partial charge in [-0.15, -0.1) is 16.4 Å². The number of benzene rings is 1. The van der Waals surface area contributed by atoms with Crippen molar-refractivity contribution in [2.45, 2.75) is 18.6 Å². The predicted molar refractivity (Wildman–Crippen MR) is 125 cm³/mol. The number of aryl methyl sites for hydroxylation is 1. The highest BCUT2D eigenvalue weighted by molar-refractivity contribution is 7.99. The number of rotatable bonds is 8. The van der Waals surface area contributed by atoms with E-state index < -0.39 is 0 Å². The molecule has 168 valence electrons. The van der Waals surface area contributed by atoms with E-state index in [-0.39, 0.29) is 11.8 Å². The predicted octanol–water partition coefficient (Wildman–Crippen LogP) is 1.97. The summed E-state index contributed by atoms with van der Waals surface area (Å²) in [6.45, 7) is 5.50. The number of carbonyl (C=O) groups excluding carboxylic acids is 2. The van der Waals surface area contributed by atoms with Gasteiger partial charge in [-0.3, -0.25) is 14.5 Å². The molecule has 0 aliphatic carbocycles. The molecule has 2 aromatic heterocycles. The molecule has 1 aliphatic rings.